The largest absolute Gasteiger partial charge is 0.207 e. The average Bonchev–Trinajstić information content (AvgIpc) is 2.32. The van der Waals surface area contributed by atoms with Crippen LogP contribution in [0.5, 0.6) is 0 Å². The Morgan fingerprint density at radius 1 is 1.20 bits per heavy atom. The van der Waals surface area contributed by atoms with Crippen LogP contribution in [0.2, 0.25) is 13.1 Å². The van der Waals surface area contributed by atoms with Crippen LogP contribution < -0.4 is 5.46 Å². The number of rotatable bonds is 5. The van der Waals surface area contributed by atoms with Gasteiger partial charge in [-0.05, 0) is 42.4 Å². The summed E-state index contributed by atoms with van der Waals surface area (Å²) in [5, 5.41) is 0. The summed E-state index contributed by atoms with van der Waals surface area (Å²) in [4.78, 5) is 0. The van der Waals surface area contributed by atoms with E-state index in [9.17, 15) is 4.39 Å². The molecule has 1 aromatic rings. The van der Waals surface area contributed by atoms with E-state index < -0.39 is 0 Å². The van der Waals surface area contributed by atoms with Gasteiger partial charge in [-0.15, -0.1) is 6.58 Å². The Labute approximate surface area is 124 Å². The summed E-state index contributed by atoms with van der Waals surface area (Å²) >= 11 is 0. The first-order valence-corrected chi connectivity index (χ1v) is 7.42. The molecule has 0 bridgehead atoms. The standard InChI is InChI=1S/C18H28BF/c1-9-17(4,5)18(6,7)12-19(8)16-11-15(20)10-13(2)14(16)3/h9-11H,1,12H2,2-8H3. The molecule has 0 atom stereocenters. The van der Waals surface area contributed by atoms with Crippen molar-refractivity contribution in [3.63, 3.8) is 0 Å². The van der Waals surface area contributed by atoms with Crippen molar-refractivity contribution in [3.05, 3.63) is 41.7 Å². The van der Waals surface area contributed by atoms with Gasteiger partial charge >= 0.3 is 0 Å². The lowest BCUT2D eigenvalue weighted by atomic mass is 9.38. The molecule has 110 valence electrons. The molecule has 0 spiro atoms. The summed E-state index contributed by atoms with van der Waals surface area (Å²) in [6.07, 6.45) is 3.04. The molecule has 1 rings (SSSR count). The minimum absolute atomic E-state index is 0.0531. The Balaban J connectivity index is 3.09. The lowest BCUT2D eigenvalue weighted by molar-refractivity contribution is 0.192. The predicted octanol–water partition coefficient (Wildman–Crippen LogP) is 5.01. The third-order valence-corrected chi connectivity index (χ3v) is 5.27. The second-order valence-corrected chi connectivity index (χ2v) is 7.35. The maximum atomic E-state index is 13.7. The van der Waals surface area contributed by atoms with E-state index in [1.165, 1.54) is 5.56 Å². The zero-order chi connectivity index (χ0) is 15.7. The van der Waals surface area contributed by atoms with Gasteiger partial charge in [0, 0.05) is 0 Å². The molecule has 0 amide bonds. The first-order valence-electron chi connectivity index (χ1n) is 7.42. The molecule has 0 saturated heterocycles. The van der Waals surface area contributed by atoms with E-state index in [1.54, 1.807) is 12.1 Å². The van der Waals surface area contributed by atoms with Crippen molar-refractivity contribution in [3.8, 4) is 0 Å². The second-order valence-electron chi connectivity index (χ2n) is 7.35. The molecule has 0 saturated carbocycles. The minimum atomic E-state index is -0.129. The van der Waals surface area contributed by atoms with E-state index >= 15 is 0 Å². The highest BCUT2D eigenvalue weighted by Crippen LogP contribution is 2.43. The molecule has 0 aromatic heterocycles. The first-order chi connectivity index (χ1) is 9.01. The molecule has 1 aromatic carbocycles. The van der Waals surface area contributed by atoms with Gasteiger partial charge in [0.05, 0.1) is 0 Å². The van der Waals surface area contributed by atoms with Crippen LogP contribution in [0.4, 0.5) is 4.39 Å². The number of aryl methyl sites for hydroxylation is 1. The van der Waals surface area contributed by atoms with E-state index in [0.29, 0.717) is 6.71 Å². The normalized spacial score (nSPS) is 12.4. The van der Waals surface area contributed by atoms with Gasteiger partial charge in [0.2, 0.25) is 0 Å². The molecule has 0 nitrogen and oxygen atoms in total. The monoisotopic (exact) mass is 274 g/mol. The van der Waals surface area contributed by atoms with Crippen LogP contribution in [0.3, 0.4) is 0 Å². The molecule has 20 heavy (non-hydrogen) atoms. The van der Waals surface area contributed by atoms with Crippen LogP contribution >= 0.6 is 0 Å². The summed E-state index contributed by atoms with van der Waals surface area (Å²) in [6.45, 7) is 19.5. The summed E-state index contributed by atoms with van der Waals surface area (Å²) < 4.78 is 13.7. The van der Waals surface area contributed by atoms with Gasteiger partial charge in [0.25, 0.3) is 0 Å². The number of benzene rings is 1. The Morgan fingerprint density at radius 3 is 2.25 bits per heavy atom. The fourth-order valence-electron chi connectivity index (χ4n) is 2.77. The fraction of sp³-hybridized carbons (Fsp3) is 0.556. The molecule has 0 aliphatic carbocycles. The molecule has 0 heterocycles. The van der Waals surface area contributed by atoms with E-state index in [2.05, 4.69) is 48.0 Å². The van der Waals surface area contributed by atoms with Crippen molar-refractivity contribution in [2.24, 2.45) is 10.8 Å². The minimum Gasteiger partial charge on any atom is -0.207 e. The summed E-state index contributed by atoms with van der Waals surface area (Å²) in [5.41, 5.74) is 3.55. The van der Waals surface area contributed by atoms with Crippen LogP contribution in [0.15, 0.2) is 24.8 Å². The van der Waals surface area contributed by atoms with Crippen molar-refractivity contribution in [2.75, 3.05) is 0 Å². The van der Waals surface area contributed by atoms with E-state index in [-0.39, 0.29) is 16.6 Å². The molecule has 0 aliphatic heterocycles. The van der Waals surface area contributed by atoms with Crippen molar-refractivity contribution < 1.29 is 4.39 Å². The second kappa shape index (κ2) is 5.75. The van der Waals surface area contributed by atoms with E-state index in [1.807, 2.05) is 13.0 Å². The number of allylic oxidation sites excluding steroid dienone is 1. The Bertz CT molecular complexity index is 500. The van der Waals surface area contributed by atoms with Crippen molar-refractivity contribution in [1.82, 2.24) is 0 Å². The number of halogens is 1. The zero-order valence-electron chi connectivity index (χ0n) is 14.1. The van der Waals surface area contributed by atoms with Gasteiger partial charge in [-0.3, -0.25) is 0 Å². The van der Waals surface area contributed by atoms with Crippen molar-refractivity contribution in [2.45, 2.75) is 54.7 Å². The SMILES string of the molecule is C=CC(C)(C)C(C)(C)CB(C)c1cc(F)cc(C)c1C. The Morgan fingerprint density at radius 2 is 1.75 bits per heavy atom. The Kier molecular flexibility index (Phi) is 4.89. The van der Waals surface area contributed by atoms with Crippen LogP contribution in [-0.2, 0) is 0 Å². The average molecular weight is 274 g/mol. The van der Waals surface area contributed by atoms with Gasteiger partial charge in [-0.1, -0.05) is 57.9 Å². The lowest BCUT2D eigenvalue weighted by Gasteiger charge is -2.41. The van der Waals surface area contributed by atoms with E-state index in [0.717, 1.165) is 17.3 Å². The molecule has 0 radical (unpaired) electrons. The van der Waals surface area contributed by atoms with Crippen molar-refractivity contribution >= 4 is 12.2 Å². The van der Waals surface area contributed by atoms with Crippen LogP contribution in [0, 0.1) is 30.5 Å². The highest BCUT2D eigenvalue weighted by Gasteiger charge is 2.36. The number of hydrogen-bond donors (Lipinski definition) is 0. The molecular weight excluding hydrogens is 246 g/mol. The van der Waals surface area contributed by atoms with Crippen LogP contribution in [-0.4, -0.2) is 6.71 Å². The topological polar surface area (TPSA) is 0 Å². The zero-order valence-corrected chi connectivity index (χ0v) is 14.1. The lowest BCUT2D eigenvalue weighted by Crippen LogP contribution is -2.40. The molecule has 0 aliphatic rings. The molecule has 0 unspecified atom stereocenters. The third-order valence-electron chi connectivity index (χ3n) is 5.27. The molecule has 0 fully saturated rings. The summed E-state index contributed by atoms with van der Waals surface area (Å²) in [7, 11) is 0. The Hall–Kier alpha value is -1.05. The van der Waals surface area contributed by atoms with E-state index in [4.69, 9.17) is 0 Å². The quantitative estimate of drug-likeness (QED) is 0.523. The van der Waals surface area contributed by atoms with Crippen molar-refractivity contribution in [1.29, 1.82) is 0 Å². The maximum Gasteiger partial charge on any atom is 0.173 e. The molecule has 0 N–H and O–H groups in total. The summed E-state index contributed by atoms with van der Waals surface area (Å²) in [6, 6.07) is 3.31. The summed E-state index contributed by atoms with van der Waals surface area (Å²) in [5.74, 6) is -0.129. The molecular formula is C18H28BF. The molecule has 2 heteroatoms. The van der Waals surface area contributed by atoms with Gasteiger partial charge < -0.3 is 0 Å². The fourth-order valence-corrected chi connectivity index (χ4v) is 2.77. The first kappa shape index (κ1) is 17.0. The maximum absolute atomic E-state index is 13.7. The highest BCUT2D eigenvalue weighted by atomic mass is 19.1. The van der Waals surface area contributed by atoms with Gasteiger partial charge in [-0.25, -0.2) is 4.39 Å². The van der Waals surface area contributed by atoms with Crippen LogP contribution in [0.25, 0.3) is 0 Å². The smallest absolute Gasteiger partial charge is 0.173 e. The van der Waals surface area contributed by atoms with Crippen LogP contribution in [0.1, 0.15) is 38.8 Å². The predicted molar refractivity (Wildman–Crippen MR) is 89.7 cm³/mol. The van der Waals surface area contributed by atoms with Gasteiger partial charge in [-0.2, -0.15) is 0 Å². The van der Waals surface area contributed by atoms with Gasteiger partial charge in [0.1, 0.15) is 5.82 Å². The highest BCUT2D eigenvalue weighted by molar-refractivity contribution is 6.72. The van der Waals surface area contributed by atoms with Gasteiger partial charge in [0.15, 0.2) is 6.71 Å². The number of hydrogen-bond acceptors (Lipinski definition) is 0. The third kappa shape index (κ3) is 3.34.